The number of hydrogen-bond donors (Lipinski definition) is 0. The summed E-state index contributed by atoms with van der Waals surface area (Å²) in [7, 11) is 3.07. The molecule has 32 heavy (non-hydrogen) atoms. The predicted molar refractivity (Wildman–Crippen MR) is 128 cm³/mol. The summed E-state index contributed by atoms with van der Waals surface area (Å²) in [5.74, 6) is 0. The predicted octanol–water partition coefficient (Wildman–Crippen LogP) is 5.49. The van der Waals surface area contributed by atoms with Gasteiger partial charge in [0, 0.05) is 32.1 Å². The van der Waals surface area contributed by atoms with Gasteiger partial charge in [-0.05, 0) is 61.2 Å². The molecule has 0 spiro atoms. The molecule has 0 aliphatic heterocycles. The van der Waals surface area contributed by atoms with Crippen LogP contribution in [0.1, 0.15) is 52.9 Å². The Morgan fingerprint density at radius 1 is 1.16 bits per heavy atom. The van der Waals surface area contributed by atoms with Gasteiger partial charge in [0.1, 0.15) is 14.1 Å². The Hall–Kier alpha value is -2.48. The average Bonchev–Trinajstić information content (AvgIpc) is 2.79. The molecule has 0 saturated carbocycles. The van der Waals surface area contributed by atoms with Crippen LogP contribution in [-0.2, 0) is 20.9 Å². The maximum absolute atomic E-state index is 12.2. The first-order valence-corrected chi connectivity index (χ1v) is 11.9. The Kier molecular flexibility index (Phi) is 13.0. The third kappa shape index (κ3) is 11.2. The summed E-state index contributed by atoms with van der Waals surface area (Å²) < 4.78 is 17.8. The number of benzene rings is 1. The summed E-state index contributed by atoms with van der Waals surface area (Å²) in [6, 6.07) is 7.18. The van der Waals surface area contributed by atoms with Crippen molar-refractivity contribution in [2.75, 3.05) is 27.2 Å². The van der Waals surface area contributed by atoms with Gasteiger partial charge in [0.15, 0.2) is 0 Å². The van der Waals surface area contributed by atoms with E-state index in [1.54, 1.807) is 31.3 Å². The van der Waals surface area contributed by atoms with Crippen molar-refractivity contribution >= 4 is 29.5 Å². The van der Waals surface area contributed by atoms with Gasteiger partial charge >= 0.3 is 11.4 Å². The summed E-state index contributed by atoms with van der Waals surface area (Å²) in [5.41, 5.74) is 0.792. The third-order valence-electron chi connectivity index (χ3n) is 4.68. The van der Waals surface area contributed by atoms with Gasteiger partial charge in [-0.15, -0.1) is 0 Å². The van der Waals surface area contributed by atoms with Gasteiger partial charge in [-0.1, -0.05) is 38.5 Å². The molecule has 2 amide bonds. The molecule has 1 aromatic carbocycles. The van der Waals surface area contributed by atoms with Gasteiger partial charge < -0.3 is 19.3 Å². The number of carbonyl (C=O) groups is 3. The lowest BCUT2D eigenvalue weighted by molar-refractivity contribution is -0.117. The van der Waals surface area contributed by atoms with Crippen molar-refractivity contribution < 1.29 is 25.2 Å². The lowest BCUT2D eigenvalue weighted by atomic mass is 10.0. The van der Waals surface area contributed by atoms with Crippen molar-refractivity contribution in [3.8, 4) is 0 Å². The molecular weight excluding hydrogens is 428 g/mol. The van der Waals surface area contributed by atoms with Gasteiger partial charge in [-0.25, -0.2) is 9.59 Å². The van der Waals surface area contributed by atoms with Crippen LogP contribution in [0.4, 0.5) is 9.59 Å². The molecule has 1 aromatic rings. The van der Waals surface area contributed by atoms with E-state index >= 15 is 0 Å². The number of likely N-dealkylation sites (N-methyl/N-ethyl adjacent to an activating group) is 2. The van der Waals surface area contributed by atoms with Crippen LogP contribution < -0.4 is 0 Å². The molecule has 2 rings (SSSR count). The summed E-state index contributed by atoms with van der Waals surface area (Å²) in [6.45, 7) is 4.62. The summed E-state index contributed by atoms with van der Waals surface area (Å²) in [6.07, 6.45) is 7.90. The van der Waals surface area contributed by atoms with Crippen molar-refractivity contribution in [2.45, 2.75) is 63.6 Å². The van der Waals surface area contributed by atoms with Gasteiger partial charge in [-0.2, -0.15) is 0 Å². The molecule has 0 aromatic heterocycles. The highest BCUT2D eigenvalue weighted by Crippen LogP contribution is 2.23. The minimum absolute atomic E-state index is 0.0959. The standard InChI is InChI=1S/C22H30N2O5S.C2H6/c1-23(17-25)14-15-24(2)21(26)28-16-18-10-12-20(13-11-18)30-22(27)29-19-8-6-4-3-5-7-9-19;1-2/h6,8,10-13,17,19H,3-5,7,9,14-16H2,1-2H3;1-2H3/b8-6+;/i17D;. The quantitative estimate of drug-likeness (QED) is 0.229. The first kappa shape index (κ1) is 25.8. The van der Waals surface area contributed by atoms with Gasteiger partial charge in [0.05, 0.1) is 0 Å². The van der Waals surface area contributed by atoms with Crippen molar-refractivity contribution in [3.63, 3.8) is 0 Å². The maximum Gasteiger partial charge on any atom is 0.409 e. The highest BCUT2D eigenvalue weighted by Gasteiger charge is 2.14. The van der Waals surface area contributed by atoms with Crippen LogP contribution in [0.15, 0.2) is 41.3 Å². The first-order chi connectivity index (χ1) is 15.8. The third-order valence-corrected chi connectivity index (χ3v) is 5.45. The molecule has 1 atom stereocenters. The number of hydrogen-bond acceptors (Lipinski definition) is 6. The number of ether oxygens (including phenoxy) is 2. The summed E-state index contributed by atoms with van der Waals surface area (Å²) in [5, 5.41) is -0.327. The number of amides is 2. The molecule has 8 heteroatoms. The van der Waals surface area contributed by atoms with E-state index in [0.29, 0.717) is 0 Å². The molecule has 0 bridgehead atoms. The molecule has 1 aliphatic rings. The fourth-order valence-corrected chi connectivity index (χ4v) is 3.45. The number of carbonyl (C=O) groups excluding carboxylic acids is 3. The molecule has 178 valence electrons. The normalized spacial score (nSPS) is 16.8. The van der Waals surface area contributed by atoms with Crippen molar-refractivity contribution in [1.29, 1.82) is 0 Å². The largest absolute Gasteiger partial charge is 0.450 e. The van der Waals surface area contributed by atoms with E-state index in [4.69, 9.17) is 10.8 Å². The Balaban J connectivity index is 0.00000265. The van der Waals surface area contributed by atoms with E-state index in [1.807, 2.05) is 19.9 Å². The number of thioether (sulfide) groups is 1. The Morgan fingerprint density at radius 2 is 1.88 bits per heavy atom. The lowest BCUT2D eigenvalue weighted by Gasteiger charge is -2.19. The van der Waals surface area contributed by atoms with Gasteiger partial charge in [0.2, 0.25) is 6.39 Å². The second-order valence-electron chi connectivity index (χ2n) is 7.21. The zero-order valence-electron chi connectivity index (χ0n) is 20.5. The number of allylic oxidation sites excluding steroid dienone is 1. The van der Waals surface area contributed by atoms with Crippen LogP contribution in [0.3, 0.4) is 0 Å². The minimum Gasteiger partial charge on any atom is -0.450 e. The zero-order valence-corrected chi connectivity index (χ0v) is 20.4. The van der Waals surface area contributed by atoms with Crippen LogP contribution in [0.2, 0.25) is 0 Å². The average molecular weight is 466 g/mol. The maximum atomic E-state index is 12.2. The van der Waals surface area contributed by atoms with E-state index in [1.165, 1.54) is 23.3 Å². The molecule has 0 N–H and O–H groups in total. The SMILES string of the molecule is CC.[2H]C(=O)N(C)CCN(C)C(=O)OCc1ccc(SC(=O)OC2/C=C/CCCCC2)cc1. The van der Waals surface area contributed by atoms with E-state index in [-0.39, 0.29) is 31.1 Å². The molecule has 0 radical (unpaired) electrons. The van der Waals surface area contributed by atoms with E-state index in [0.717, 1.165) is 47.9 Å². The fourth-order valence-electron chi connectivity index (χ4n) is 2.82. The highest BCUT2D eigenvalue weighted by molar-refractivity contribution is 8.13. The molecular formula is C24H36N2O5S. The first-order valence-electron chi connectivity index (χ1n) is 11.6. The second-order valence-corrected chi connectivity index (χ2v) is 8.22. The monoisotopic (exact) mass is 465 g/mol. The minimum atomic E-state index is -0.801. The molecule has 0 heterocycles. The zero-order chi connectivity index (χ0) is 24.6. The Morgan fingerprint density at radius 3 is 2.56 bits per heavy atom. The second kappa shape index (κ2) is 16.2. The lowest BCUT2D eigenvalue weighted by Crippen LogP contribution is -2.34. The number of nitrogens with zero attached hydrogens (tertiary/aromatic N) is 2. The van der Waals surface area contributed by atoms with Crippen molar-refractivity contribution in [2.24, 2.45) is 0 Å². The Bertz CT molecular complexity index is 773. The van der Waals surface area contributed by atoms with Crippen LogP contribution in [0.5, 0.6) is 0 Å². The van der Waals surface area contributed by atoms with Crippen molar-refractivity contribution in [3.05, 3.63) is 42.0 Å². The molecule has 1 unspecified atom stereocenters. The van der Waals surface area contributed by atoms with Crippen LogP contribution >= 0.6 is 11.8 Å². The smallest absolute Gasteiger partial charge is 0.409 e. The fraction of sp³-hybridized carbons (Fsp3) is 0.542. The van der Waals surface area contributed by atoms with E-state index in [9.17, 15) is 14.4 Å². The number of rotatable bonds is 7. The van der Waals surface area contributed by atoms with Crippen LogP contribution in [0, 0.1) is 0 Å². The molecule has 0 saturated heterocycles. The van der Waals surface area contributed by atoms with Gasteiger partial charge in [-0.3, -0.25) is 4.79 Å². The highest BCUT2D eigenvalue weighted by atomic mass is 32.2. The van der Waals surface area contributed by atoms with Gasteiger partial charge in [0.25, 0.3) is 0 Å². The Labute approximate surface area is 197 Å². The van der Waals surface area contributed by atoms with E-state index in [2.05, 4.69) is 6.08 Å². The van der Waals surface area contributed by atoms with Crippen LogP contribution in [-0.4, -0.2) is 60.9 Å². The molecule has 0 fully saturated rings. The molecule has 7 nitrogen and oxygen atoms in total. The summed E-state index contributed by atoms with van der Waals surface area (Å²) >= 11 is 1.04. The van der Waals surface area contributed by atoms with E-state index < -0.39 is 12.5 Å². The molecule has 1 aliphatic carbocycles. The topological polar surface area (TPSA) is 76.2 Å². The van der Waals surface area contributed by atoms with Crippen LogP contribution in [0.25, 0.3) is 0 Å². The van der Waals surface area contributed by atoms with Crippen molar-refractivity contribution in [1.82, 2.24) is 9.80 Å². The summed E-state index contributed by atoms with van der Waals surface area (Å²) in [4.78, 5) is 38.4.